The Balaban J connectivity index is 1.59. The number of rotatable bonds is 3. The van der Waals surface area contributed by atoms with Gasteiger partial charge < -0.3 is 20.1 Å². The zero-order chi connectivity index (χ0) is 16.3. The van der Waals surface area contributed by atoms with Crippen LogP contribution in [0.4, 0.5) is 0 Å². The zero-order valence-corrected chi connectivity index (χ0v) is 14.0. The van der Waals surface area contributed by atoms with E-state index in [0.29, 0.717) is 13.2 Å². The fourth-order valence-corrected chi connectivity index (χ4v) is 3.44. The summed E-state index contributed by atoms with van der Waals surface area (Å²) in [5.74, 6) is 0.836. The smallest absolute Gasteiger partial charge is 0.193 e. The van der Waals surface area contributed by atoms with Gasteiger partial charge in [-0.15, -0.1) is 0 Å². The minimum Gasteiger partial charge on any atom is -0.388 e. The number of ether oxygens (including phenoxy) is 1. The number of aliphatic hydroxyl groups is 1. The molecule has 1 aliphatic carbocycles. The molecule has 2 heterocycles. The molecule has 1 aromatic rings. The van der Waals surface area contributed by atoms with Crippen LogP contribution in [0.5, 0.6) is 0 Å². The van der Waals surface area contributed by atoms with E-state index in [4.69, 9.17) is 4.74 Å². The lowest BCUT2D eigenvalue weighted by molar-refractivity contribution is -0.00888. The summed E-state index contributed by atoms with van der Waals surface area (Å²) in [5.41, 5.74) is 0.507. The molecular formula is C16H27N5O2. The van der Waals surface area contributed by atoms with Gasteiger partial charge in [-0.2, -0.15) is 5.10 Å². The monoisotopic (exact) mass is 321 g/mol. The second-order valence-corrected chi connectivity index (χ2v) is 6.59. The van der Waals surface area contributed by atoms with Gasteiger partial charge >= 0.3 is 0 Å². The van der Waals surface area contributed by atoms with E-state index in [1.54, 1.807) is 11.7 Å². The van der Waals surface area contributed by atoms with E-state index < -0.39 is 5.60 Å². The van der Waals surface area contributed by atoms with Crippen LogP contribution < -0.4 is 5.32 Å². The molecule has 0 bridgehead atoms. The zero-order valence-electron chi connectivity index (χ0n) is 14.0. The normalized spacial score (nSPS) is 24.9. The number of aromatic nitrogens is 2. The van der Waals surface area contributed by atoms with E-state index in [9.17, 15) is 5.11 Å². The Morgan fingerprint density at radius 3 is 2.96 bits per heavy atom. The molecular weight excluding hydrogens is 294 g/mol. The second-order valence-electron chi connectivity index (χ2n) is 6.59. The van der Waals surface area contributed by atoms with Crippen molar-refractivity contribution in [3.8, 4) is 0 Å². The summed E-state index contributed by atoms with van der Waals surface area (Å²) in [5, 5.41) is 18.1. The molecule has 2 fully saturated rings. The number of morpholine rings is 1. The second kappa shape index (κ2) is 6.88. The molecule has 0 aromatic carbocycles. The topological polar surface area (TPSA) is 74.9 Å². The number of hydrogen-bond donors (Lipinski definition) is 2. The quantitative estimate of drug-likeness (QED) is 0.632. The van der Waals surface area contributed by atoms with Crippen molar-refractivity contribution in [2.75, 3.05) is 33.3 Å². The van der Waals surface area contributed by atoms with Crippen molar-refractivity contribution < 1.29 is 9.84 Å². The van der Waals surface area contributed by atoms with E-state index >= 15 is 0 Å². The Hall–Kier alpha value is -1.60. The van der Waals surface area contributed by atoms with Gasteiger partial charge in [-0.05, 0) is 12.8 Å². The molecule has 1 aliphatic heterocycles. The molecule has 128 valence electrons. The number of nitrogens with one attached hydrogen (secondary N) is 1. The van der Waals surface area contributed by atoms with Gasteiger partial charge in [-0.1, -0.05) is 12.8 Å². The molecule has 2 aliphatic rings. The predicted molar refractivity (Wildman–Crippen MR) is 88.3 cm³/mol. The van der Waals surface area contributed by atoms with Crippen molar-refractivity contribution in [1.82, 2.24) is 20.0 Å². The molecule has 0 radical (unpaired) electrons. The first-order valence-corrected chi connectivity index (χ1v) is 8.38. The SMILES string of the molecule is CN=C(NCC1(O)CCCC1)N1CCOC(c2cnn(C)c2)C1. The third-order valence-corrected chi connectivity index (χ3v) is 4.78. The highest BCUT2D eigenvalue weighted by Crippen LogP contribution is 2.28. The van der Waals surface area contributed by atoms with E-state index in [1.165, 1.54) is 0 Å². The van der Waals surface area contributed by atoms with Gasteiger partial charge in [0.25, 0.3) is 0 Å². The summed E-state index contributed by atoms with van der Waals surface area (Å²) in [6.07, 6.45) is 7.81. The van der Waals surface area contributed by atoms with Crippen LogP contribution in [0.1, 0.15) is 37.4 Å². The number of hydrogen-bond acceptors (Lipinski definition) is 4. The Labute approximate surface area is 137 Å². The molecule has 1 atom stereocenters. The first-order valence-electron chi connectivity index (χ1n) is 8.38. The number of aliphatic imine (C=N–C) groups is 1. The van der Waals surface area contributed by atoms with Crippen LogP contribution in [0.2, 0.25) is 0 Å². The Morgan fingerprint density at radius 1 is 1.52 bits per heavy atom. The van der Waals surface area contributed by atoms with Crippen LogP contribution in [0.25, 0.3) is 0 Å². The van der Waals surface area contributed by atoms with Gasteiger partial charge in [0, 0.05) is 38.9 Å². The maximum absolute atomic E-state index is 10.5. The van der Waals surface area contributed by atoms with Crippen molar-refractivity contribution in [2.24, 2.45) is 12.0 Å². The number of aryl methyl sites for hydroxylation is 1. The van der Waals surface area contributed by atoms with Gasteiger partial charge in [-0.25, -0.2) is 0 Å². The third-order valence-electron chi connectivity index (χ3n) is 4.78. The fourth-order valence-electron chi connectivity index (χ4n) is 3.44. The van der Waals surface area contributed by atoms with Gasteiger partial charge in [0.05, 0.1) is 24.9 Å². The summed E-state index contributed by atoms with van der Waals surface area (Å²) in [4.78, 5) is 6.58. The standard InChI is InChI=1S/C16H27N5O2/c1-17-15(18-12-16(22)5-3-4-6-16)21-7-8-23-14(11-21)13-9-19-20(2)10-13/h9-10,14,22H,3-8,11-12H2,1-2H3,(H,17,18). The lowest BCUT2D eigenvalue weighted by Gasteiger charge is -2.35. The highest BCUT2D eigenvalue weighted by molar-refractivity contribution is 5.80. The minimum absolute atomic E-state index is 0.00515. The first-order chi connectivity index (χ1) is 11.1. The molecule has 3 rings (SSSR count). The van der Waals surface area contributed by atoms with E-state index in [2.05, 4.69) is 20.3 Å². The molecule has 7 heteroatoms. The molecule has 7 nitrogen and oxygen atoms in total. The van der Waals surface area contributed by atoms with Crippen molar-refractivity contribution in [3.05, 3.63) is 18.0 Å². The third kappa shape index (κ3) is 3.84. The average Bonchev–Trinajstić information content (AvgIpc) is 3.17. The van der Waals surface area contributed by atoms with Gasteiger partial charge in [0.2, 0.25) is 0 Å². The van der Waals surface area contributed by atoms with Crippen LogP contribution in [-0.4, -0.2) is 64.6 Å². The van der Waals surface area contributed by atoms with Crippen molar-refractivity contribution in [3.63, 3.8) is 0 Å². The molecule has 23 heavy (non-hydrogen) atoms. The van der Waals surface area contributed by atoms with Crippen LogP contribution in [-0.2, 0) is 11.8 Å². The van der Waals surface area contributed by atoms with Gasteiger partial charge in [0.1, 0.15) is 6.10 Å². The van der Waals surface area contributed by atoms with Crippen molar-refractivity contribution in [2.45, 2.75) is 37.4 Å². The summed E-state index contributed by atoms with van der Waals surface area (Å²) >= 11 is 0. The van der Waals surface area contributed by atoms with E-state index in [1.807, 2.05) is 19.4 Å². The highest BCUT2D eigenvalue weighted by atomic mass is 16.5. The summed E-state index contributed by atoms with van der Waals surface area (Å²) in [6.45, 7) is 2.76. The molecule has 2 N–H and O–H groups in total. The summed E-state index contributed by atoms with van der Waals surface area (Å²) in [6, 6.07) is 0. The molecule has 1 saturated heterocycles. The highest BCUT2D eigenvalue weighted by Gasteiger charge is 2.32. The van der Waals surface area contributed by atoms with Crippen LogP contribution in [0.3, 0.4) is 0 Å². The molecule has 0 amide bonds. The molecule has 1 unspecified atom stereocenters. The van der Waals surface area contributed by atoms with Crippen LogP contribution >= 0.6 is 0 Å². The largest absolute Gasteiger partial charge is 0.388 e. The lowest BCUT2D eigenvalue weighted by Crippen LogP contribution is -2.51. The van der Waals surface area contributed by atoms with E-state index in [-0.39, 0.29) is 6.10 Å². The first kappa shape index (κ1) is 16.3. The number of nitrogens with zero attached hydrogens (tertiary/aromatic N) is 4. The van der Waals surface area contributed by atoms with Gasteiger partial charge in [-0.3, -0.25) is 9.67 Å². The Kier molecular flexibility index (Phi) is 4.87. The van der Waals surface area contributed by atoms with Gasteiger partial charge in [0.15, 0.2) is 5.96 Å². The fraction of sp³-hybridized carbons (Fsp3) is 0.750. The molecule has 1 aromatic heterocycles. The summed E-state index contributed by atoms with van der Waals surface area (Å²) in [7, 11) is 3.70. The maximum atomic E-state index is 10.5. The van der Waals surface area contributed by atoms with Crippen molar-refractivity contribution in [1.29, 1.82) is 0 Å². The maximum Gasteiger partial charge on any atom is 0.193 e. The van der Waals surface area contributed by atoms with Crippen molar-refractivity contribution >= 4 is 5.96 Å². The minimum atomic E-state index is -0.578. The predicted octanol–water partition coefficient (Wildman–Crippen LogP) is 0.674. The molecule has 0 spiro atoms. The van der Waals surface area contributed by atoms with Crippen LogP contribution in [0.15, 0.2) is 17.4 Å². The molecule has 1 saturated carbocycles. The number of guanidine groups is 1. The average molecular weight is 321 g/mol. The summed E-state index contributed by atoms with van der Waals surface area (Å²) < 4.78 is 7.66. The Bertz CT molecular complexity index is 550. The lowest BCUT2D eigenvalue weighted by atomic mass is 10.0. The van der Waals surface area contributed by atoms with Crippen LogP contribution in [0, 0.1) is 0 Å². The Morgan fingerprint density at radius 2 is 2.30 bits per heavy atom. The van der Waals surface area contributed by atoms with E-state index in [0.717, 1.165) is 50.3 Å².